The predicted molar refractivity (Wildman–Crippen MR) is 114 cm³/mol. The molecule has 10 heteroatoms. The summed E-state index contributed by atoms with van der Waals surface area (Å²) in [5.74, 6) is 0.958. The number of anilines is 2. The topological polar surface area (TPSA) is 107 Å². The van der Waals surface area contributed by atoms with Crippen molar-refractivity contribution in [3.63, 3.8) is 0 Å². The Hall–Kier alpha value is -3.43. The van der Waals surface area contributed by atoms with E-state index in [0.717, 1.165) is 29.8 Å². The SMILES string of the molecule is C[C@H]1CCCN1c1cccc(NC(=O)[C@H](C)n2cnc3c2c(=O)n(C)c(=O)n3C)n1. The van der Waals surface area contributed by atoms with Gasteiger partial charge in [0.05, 0.1) is 6.33 Å². The van der Waals surface area contributed by atoms with Gasteiger partial charge >= 0.3 is 5.69 Å². The molecule has 10 nitrogen and oxygen atoms in total. The largest absolute Gasteiger partial charge is 0.354 e. The monoisotopic (exact) mass is 411 g/mol. The standard InChI is InChI=1S/C20H25N7O3/c1-12-7-6-10-26(12)15-9-5-8-14(22-15)23-18(28)13(2)27-11-21-17-16(27)19(29)25(4)20(30)24(17)3/h5,8-9,11-13H,6-7,10H2,1-4H3,(H,22,23,28)/t12-,13-/m0/s1. The molecule has 0 saturated carbocycles. The van der Waals surface area contributed by atoms with E-state index < -0.39 is 17.3 Å². The normalized spacial score (nSPS) is 17.5. The molecule has 1 aliphatic heterocycles. The first-order valence-electron chi connectivity index (χ1n) is 9.96. The van der Waals surface area contributed by atoms with Crippen molar-refractivity contribution in [3.8, 4) is 0 Å². The molecule has 30 heavy (non-hydrogen) atoms. The fraction of sp³-hybridized carbons (Fsp3) is 0.450. The van der Waals surface area contributed by atoms with Crippen molar-refractivity contribution in [1.29, 1.82) is 0 Å². The van der Waals surface area contributed by atoms with Crippen LogP contribution in [0.4, 0.5) is 11.6 Å². The third-order valence-corrected chi connectivity index (χ3v) is 5.80. The van der Waals surface area contributed by atoms with Gasteiger partial charge in [-0.1, -0.05) is 6.07 Å². The van der Waals surface area contributed by atoms with Gasteiger partial charge in [0.1, 0.15) is 17.7 Å². The van der Waals surface area contributed by atoms with Crippen LogP contribution in [0, 0.1) is 0 Å². The van der Waals surface area contributed by atoms with Gasteiger partial charge in [-0.05, 0) is 38.8 Å². The number of hydrogen-bond donors (Lipinski definition) is 1. The Labute approximate surface area is 172 Å². The number of carbonyl (C=O) groups is 1. The molecule has 1 saturated heterocycles. The number of rotatable bonds is 4. The van der Waals surface area contributed by atoms with E-state index in [1.54, 1.807) is 20.0 Å². The summed E-state index contributed by atoms with van der Waals surface area (Å²) >= 11 is 0. The minimum atomic E-state index is -0.726. The van der Waals surface area contributed by atoms with E-state index in [1.165, 1.54) is 22.5 Å². The molecule has 3 aromatic heterocycles. The van der Waals surface area contributed by atoms with Crippen LogP contribution >= 0.6 is 0 Å². The molecule has 1 aliphatic rings. The van der Waals surface area contributed by atoms with Crippen molar-refractivity contribution in [2.24, 2.45) is 14.1 Å². The summed E-state index contributed by atoms with van der Waals surface area (Å²) in [5, 5.41) is 2.83. The number of carbonyl (C=O) groups excluding carboxylic acids is 1. The smallest absolute Gasteiger partial charge is 0.332 e. The number of imidazole rings is 1. The maximum Gasteiger partial charge on any atom is 0.332 e. The molecule has 4 heterocycles. The summed E-state index contributed by atoms with van der Waals surface area (Å²) in [4.78, 5) is 48.6. The molecular formula is C20H25N7O3. The summed E-state index contributed by atoms with van der Waals surface area (Å²) in [6, 6.07) is 5.24. The summed E-state index contributed by atoms with van der Waals surface area (Å²) in [6.07, 6.45) is 3.66. The highest BCUT2D eigenvalue weighted by atomic mass is 16.2. The van der Waals surface area contributed by atoms with E-state index >= 15 is 0 Å². The molecule has 2 atom stereocenters. The molecule has 158 valence electrons. The molecule has 1 N–H and O–H groups in total. The second kappa shape index (κ2) is 7.43. The van der Waals surface area contributed by atoms with Crippen LogP contribution in [0.3, 0.4) is 0 Å². The zero-order valence-corrected chi connectivity index (χ0v) is 17.5. The zero-order valence-electron chi connectivity index (χ0n) is 17.5. The molecular weight excluding hydrogens is 386 g/mol. The highest BCUT2D eigenvalue weighted by molar-refractivity contribution is 5.93. The number of fused-ring (bicyclic) bond motifs is 1. The van der Waals surface area contributed by atoms with Crippen molar-refractivity contribution < 1.29 is 4.79 Å². The summed E-state index contributed by atoms with van der Waals surface area (Å²) in [6.45, 7) is 4.79. The maximum absolute atomic E-state index is 12.9. The average molecular weight is 411 g/mol. The Morgan fingerprint density at radius 2 is 2.00 bits per heavy atom. The van der Waals surface area contributed by atoms with E-state index in [1.807, 2.05) is 12.1 Å². The second-order valence-corrected chi connectivity index (χ2v) is 7.76. The van der Waals surface area contributed by atoms with E-state index in [9.17, 15) is 14.4 Å². The molecule has 0 bridgehead atoms. The summed E-state index contributed by atoms with van der Waals surface area (Å²) in [7, 11) is 2.95. The Morgan fingerprint density at radius 3 is 2.70 bits per heavy atom. The molecule has 1 fully saturated rings. The Balaban J connectivity index is 1.63. The first-order valence-corrected chi connectivity index (χ1v) is 9.96. The lowest BCUT2D eigenvalue weighted by molar-refractivity contribution is -0.118. The quantitative estimate of drug-likeness (QED) is 0.687. The van der Waals surface area contributed by atoms with Gasteiger partial charge < -0.3 is 14.8 Å². The van der Waals surface area contributed by atoms with Gasteiger partial charge in [-0.25, -0.2) is 14.8 Å². The predicted octanol–water partition coefficient (Wildman–Crippen LogP) is 1.02. The first kappa shape index (κ1) is 19.9. The zero-order chi connectivity index (χ0) is 21.6. The Morgan fingerprint density at radius 1 is 1.23 bits per heavy atom. The summed E-state index contributed by atoms with van der Waals surface area (Å²) < 4.78 is 3.78. The van der Waals surface area contributed by atoms with Crippen LogP contribution in [0.25, 0.3) is 11.2 Å². The van der Waals surface area contributed by atoms with Gasteiger partial charge in [-0.2, -0.15) is 0 Å². The van der Waals surface area contributed by atoms with E-state index in [4.69, 9.17) is 0 Å². The van der Waals surface area contributed by atoms with E-state index in [-0.39, 0.29) is 17.1 Å². The van der Waals surface area contributed by atoms with Crippen molar-refractivity contribution in [2.75, 3.05) is 16.8 Å². The Bertz CT molecular complexity index is 1240. The van der Waals surface area contributed by atoms with Gasteiger partial charge in [0.15, 0.2) is 11.2 Å². The van der Waals surface area contributed by atoms with Crippen LogP contribution in [0.5, 0.6) is 0 Å². The number of nitrogens with one attached hydrogen (secondary N) is 1. The highest BCUT2D eigenvalue weighted by Crippen LogP contribution is 2.24. The lowest BCUT2D eigenvalue weighted by atomic mass is 10.2. The van der Waals surface area contributed by atoms with E-state index in [0.29, 0.717) is 11.9 Å². The van der Waals surface area contributed by atoms with Crippen molar-refractivity contribution >= 4 is 28.7 Å². The summed E-state index contributed by atoms with van der Waals surface area (Å²) in [5.41, 5.74) is -0.513. The molecule has 0 aromatic carbocycles. The number of pyridine rings is 1. The number of amides is 1. The molecule has 3 aromatic rings. The van der Waals surface area contributed by atoms with Crippen molar-refractivity contribution in [1.82, 2.24) is 23.7 Å². The van der Waals surface area contributed by atoms with Crippen molar-refractivity contribution in [3.05, 3.63) is 45.4 Å². The number of hydrogen-bond acceptors (Lipinski definition) is 6. The fourth-order valence-corrected chi connectivity index (χ4v) is 3.94. The third-order valence-electron chi connectivity index (χ3n) is 5.80. The molecule has 4 rings (SSSR count). The van der Waals surface area contributed by atoms with Gasteiger partial charge in [0, 0.05) is 26.7 Å². The van der Waals surface area contributed by atoms with Crippen LogP contribution in [0.2, 0.25) is 0 Å². The van der Waals surface area contributed by atoms with Crippen LogP contribution in [-0.4, -0.2) is 42.2 Å². The van der Waals surface area contributed by atoms with Gasteiger partial charge in [-0.15, -0.1) is 0 Å². The Kier molecular flexibility index (Phi) is 4.92. The lowest BCUT2D eigenvalue weighted by Crippen LogP contribution is -2.38. The van der Waals surface area contributed by atoms with Crippen molar-refractivity contribution in [2.45, 2.75) is 38.8 Å². The minimum Gasteiger partial charge on any atom is -0.354 e. The first-order chi connectivity index (χ1) is 14.3. The second-order valence-electron chi connectivity index (χ2n) is 7.76. The van der Waals surface area contributed by atoms with E-state index in [2.05, 4.69) is 27.1 Å². The number of aryl methyl sites for hydroxylation is 1. The third kappa shape index (κ3) is 3.17. The van der Waals surface area contributed by atoms with Gasteiger partial charge in [0.2, 0.25) is 5.91 Å². The molecule has 0 aliphatic carbocycles. The minimum absolute atomic E-state index is 0.204. The van der Waals surface area contributed by atoms with Crippen LogP contribution < -0.4 is 21.5 Å². The number of aromatic nitrogens is 5. The van der Waals surface area contributed by atoms with Gasteiger partial charge in [-0.3, -0.25) is 18.7 Å². The van der Waals surface area contributed by atoms with Gasteiger partial charge in [0.25, 0.3) is 5.56 Å². The molecule has 0 radical (unpaired) electrons. The molecule has 1 amide bonds. The number of nitrogens with zero attached hydrogens (tertiary/aromatic N) is 6. The fourth-order valence-electron chi connectivity index (χ4n) is 3.94. The average Bonchev–Trinajstić information content (AvgIpc) is 3.36. The maximum atomic E-state index is 12.9. The highest BCUT2D eigenvalue weighted by Gasteiger charge is 2.24. The lowest BCUT2D eigenvalue weighted by Gasteiger charge is -2.23. The molecule has 0 unspecified atom stereocenters. The van der Waals surface area contributed by atoms with Crippen LogP contribution in [0.15, 0.2) is 34.1 Å². The molecule has 0 spiro atoms. The van der Waals surface area contributed by atoms with Crippen LogP contribution in [0.1, 0.15) is 32.7 Å². The van der Waals surface area contributed by atoms with Crippen LogP contribution in [-0.2, 0) is 18.9 Å².